The molecule has 2 aliphatic heterocycles. The van der Waals surface area contributed by atoms with Gasteiger partial charge in [-0.1, -0.05) is 55.5 Å². The van der Waals surface area contributed by atoms with Gasteiger partial charge in [0.1, 0.15) is 11.5 Å². The Hall–Kier alpha value is -3.35. The second-order valence-electron chi connectivity index (χ2n) is 13.0. The van der Waals surface area contributed by atoms with E-state index in [1.165, 1.54) is 22.3 Å². The van der Waals surface area contributed by atoms with Crippen LogP contribution in [-0.4, -0.2) is 64.2 Å². The van der Waals surface area contributed by atoms with Crippen molar-refractivity contribution in [2.75, 3.05) is 26.2 Å². The van der Waals surface area contributed by atoms with E-state index < -0.39 is 0 Å². The topological polar surface area (TPSA) is 76.0 Å². The van der Waals surface area contributed by atoms with Crippen LogP contribution in [0.2, 0.25) is 0 Å². The SMILES string of the molecule is C[C@@H]1CN(CCCc2ccccc2)[C@H]2C[C@H](NC(=O)CCN3CCc4cc(O)ccc4C3)C[C@]1(c1cccc(O)c1)C2. The van der Waals surface area contributed by atoms with Crippen molar-refractivity contribution in [3.63, 3.8) is 0 Å². The zero-order valence-corrected chi connectivity index (χ0v) is 24.8. The summed E-state index contributed by atoms with van der Waals surface area (Å²) in [7, 11) is 0. The molecule has 6 nitrogen and oxygen atoms in total. The predicted molar refractivity (Wildman–Crippen MR) is 167 cm³/mol. The zero-order valence-electron chi connectivity index (χ0n) is 24.8. The predicted octanol–water partition coefficient (Wildman–Crippen LogP) is 5.41. The fraction of sp³-hybridized carbons (Fsp3) is 0.472. The Kier molecular flexibility index (Phi) is 8.55. The number of hydrogen-bond acceptors (Lipinski definition) is 5. The third-order valence-electron chi connectivity index (χ3n) is 10.2. The quantitative estimate of drug-likeness (QED) is 0.323. The number of phenols is 2. The van der Waals surface area contributed by atoms with E-state index in [1.807, 2.05) is 24.3 Å². The largest absolute Gasteiger partial charge is 0.508 e. The van der Waals surface area contributed by atoms with Crippen LogP contribution in [0.25, 0.3) is 0 Å². The number of rotatable bonds is 9. The number of nitrogens with one attached hydrogen (secondary N) is 1. The first kappa shape index (κ1) is 28.8. The molecule has 1 aliphatic carbocycles. The van der Waals surface area contributed by atoms with Crippen LogP contribution in [0.1, 0.15) is 61.3 Å². The second-order valence-corrected chi connectivity index (χ2v) is 13.0. The van der Waals surface area contributed by atoms with E-state index in [0.29, 0.717) is 29.9 Å². The second kappa shape index (κ2) is 12.5. The summed E-state index contributed by atoms with van der Waals surface area (Å²) >= 11 is 0. The minimum absolute atomic E-state index is 0.0579. The van der Waals surface area contributed by atoms with Crippen molar-refractivity contribution < 1.29 is 15.0 Å². The van der Waals surface area contributed by atoms with E-state index in [0.717, 1.165) is 71.2 Å². The average Bonchev–Trinajstić information content (AvgIpc) is 2.99. The molecule has 0 spiro atoms. The Morgan fingerprint density at radius 2 is 1.79 bits per heavy atom. The van der Waals surface area contributed by atoms with E-state index in [9.17, 15) is 15.0 Å². The normalized spacial score (nSPS) is 26.0. The first-order valence-corrected chi connectivity index (χ1v) is 15.8. The molecule has 3 N–H and O–H groups in total. The summed E-state index contributed by atoms with van der Waals surface area (Å²) in [5, 5.41) is 23.6. The fourth-order valence-electron chi connectivity index (χ4n) is 7.99. The third-order valence-corrected chi connectivity index (χ3v) is 10.2. The number of carbonyl (C=O) groups is 1. The highest BCUT2D eigenvalue weighted by Crippen LogP contribution is 2.50. The number of benzene rings is 3. The Morgan fingerprint density at radius 1 is 0.952 bits per heavy atom. The van der Waals surface area contributed by atoms with Gasteiger partial charge in [-0.3, -0.25) is 14.6 Å². The van der Waals surface area contributed by atoms with Gasteiger partial charge in [0.25, 0.3) is 0 Å². The van der Waals surface area contributed by atoms with Crippen molar-refractivity contribution in [3.8, 4) is 11.5 Å². The highest BCUT2D eigenvalue weighted by atomic mass is 16.3. The zero-order chi connectivity index (χ0) is 29.1. The summed E-state index contributed by atoms with van der Waals surface area (Å²) in [6, 6.07) is 24.7. The number of carbonyl (C=O) groups excluding carboxylic acids is 1. The van der Waals surface area contributed by atoms with Gasteiger partial charge in [-0.2, -0.15) is 0 Å². The van der Waals surface area contributed by atoms with Crippen molar-refractivity contribution in [1.82, 2.24) is 15.1 Å². The maximum atomic E-state index is 13.3. The van der Waals surface area contributed by atoms with Crippen LogP contribution in [0.5, 0.6) is 11.5 Å². The maximum absolute atomic E-state index is 13.3. The van der Waals surface area contributed by atoms with E-state index in [4.69, 9.17) is 0 Å². The molecule has 42 heavy (non-hydrogen) atoms. The number of nitrogens with zero attached hydrogens (tertiary/aromatic N) is 2. The van der Waals surface area contributed by atoms with Gasteiger partial charge in [-0.15, -0.1) is 0 Å². The molecule has 2 bridgehead atoms. The molecule has 2 fully saturated rings. The molecule has 1 amide bonds. The average molecular weight is 568 g/mol. The Bertz CT molecular complexity index is 1380. The summed E-state index contributed by atoms with van der Waals surface area (Å²) in [6.45, 7) is 6.94. The molecule has 1 saturated carbocycles. The molecular weight excluding hydrogens is 522 g/mol. The smallest absolute Gasteiger partial charge is 0.221 e. The van der Waals surface area contributed by atoms with Gasteiger partial charge in [-0.05, 0) is 97.5 Å². The van der Waals surface area contributed by atoms with Crippen molar-refractivity contribution in [2.24, 2.45) is 5.92 Å². The summed E-state index contributed by atoms with van der Waals surface area (Å²) in [5.41, 5.74) is 5.00. The lowest BCUT2D eigenvalue weighted by Gasteiger charge is -2.56. The summed E-state index contributed by atoms with van der Waals surface area (Å²) in [4.78, 5) is 18.3. The van der Waals surface area contributed by atoms with Crippen LogP contribution >= 0.6 is 0 Å². The summed E-state index contributed by atoms with van der Waals surface area (Å²) < 4.78 is 0. The molecule has 4 atom stereocenters. The lowest BCUT2D eigenvalue weighted by molar-refractivity contribution is -0.123. The Morgan fingerprint density at radius 3 is 2.62 bits per heavy atom. The van der Waals surface area contributed by atoms with Gasteiger partial charge in [0.2, 0.25) is 5.91 Å². The monoisotopic (exact) mass is 567 g/mol. The standard InChI is InChI=1S/C36H45N3O3/c1-26-24-39(16-6-9-27-7-3-2-4-8-27)32-21-31(22-36(26,23-32)30-10-5-11-33(40)20-30)37-35(42)15-18-38-17-14-28-19-34(41)13-12-29(28)25-38/h2-5,7-8,10-13,19-20,26,31-32,40-41H,6,9,14-18,21-25H2,1H3,(H,37,42)/t26-,31+,32+,36+/m1/s1. The molecular formula is C36H45N3O3. The van der Waals surface area contributed by atoms with Gasteiger partial charge in [0.05, 0.1) is 0 Å². The molecule has 3 aliphatic rings. The van der Waals surface area contributed by atoms with Gasteiger partial charge in [-0.25, -0.2) is 0 Å². The number of piperidine rings is 1. The van der Waals surface area contributed by atoms with Crippen LogP contribution in [0.15, 0.2) is 72.8 Å². The molecule has 6 rings (SSSR count). The van der Waals surface area contributed by atoms with Crippen LogP contribution < -0.4 is 5.32 Å². The number of hydrogen-bond donors (Lipinski definition) is 3. The first-order valence-electron chi connectivity index (χ1n) is 15.8. The summed E-state index contributed by atoms with van der Waals surface area (Å²) in [6.07, 6.45) is 6.56. The van der Waals surface area contributed by atoms with E-state index in [-0.39, 0.29) is 17.4 Å². The van der Waals surface area contributed by atoms with Crippen LogP contribution in [0.4, 0.5) is 0 Å². The molecule has 2 heterocycles. The molecule has 1 saturated heterocycles. The molecule has 0 aromatic heterocycles. The van der Waals surface area contributed by atoms with Gasteiger partial charge >= 0.3 is 0 Å². The van der Waals surface area contributed by atoms with Crippen LogP contribution in [0, 0.1) is 5.92 Å². The number of amides is 1. The van der Waals surface area contributed by atoms with Gasteiger partial charge in [0, 0.05) is 50.1 Å². The number of likely N-dealkylation sites (tertiary alicyclic amines) is 1. The molecule has 0 unspecified atom stereocenters. The van der Waals surface area contributed by atoms with E-state index >= 15 is 0 Å². The van der Waals surface area contributed by atoms with Crippen LogP contribution in [0.3, 0.4) is 0 Å². The number of phenolic OH excluding ortho intramolecular Hbond substituents is 2. The molecule has 222 valence electrons. The maximum Gasteiger partial charge on any atom is 0.221 e. The highest BCUT2D eigenvalue weighted by molar-refractivity contribution is 5.76. The minimum Gasteiger partial charge on any atom is -0.508 e. The fourth-order valence-corrected chi connectivity index (χ4v) is 7.99. The van der Waals surface area contributed by atoms with Crippen molar-refractivity contribution in [3.05, 3.63) is 95.1 Å². The molecule has 6 heteroatoms. The van der Waals surface area contributed by atoms with E-state index in [2.05, 4.69) is 58.4 Å². The number of aryl methyl sites for hydroxylation is 1. The summed E-state index contributed by atoms with van der Waals surface area (Å²) in [5.74, 6) is 1.19. The van der Waals surface area contributed by atoms with Gasteiger partial charge < -0.3 is 15.5 Å². The molecule has 3 aromatic rings. The lowest BCUT2D eigenvalue weighted by Crippen LogP contribution is -2.61. The molecule has 3 aromatic carbocycles. The Labute approximate surface area is 250 Å². The van der Waals surface area contributed by atoms with Gasteiger partial charge in [0.15, 0.2) is 0 Å². The van der Waals surface area contributed by atoms with Crippen molar-refractivity contribution in [2.45, 2.75) is 75.9 Å². The minimum atomic E-state index is -0.0579. The Balaban J connectivity index is 1.11. The number of aromatic hydroxyl groups is 2. The van der Waals surface area contributed by atoms with E-state index in [1.54, 1.807) is 12.1 Å². The first-order chi connectivity index (χ1) is 20.4. The van der Waals surface area contributed by atoms with Crippen molar-refractivity contribution in [1.29, 1.82) is 0 Å². The van der Waals surface area contributed by atoms with Crippen LogP contribution in [-0.2, 0) is 29.6 Å². The lowest BCUT2D eigenvalue weighted by atomic mass is 9.57. The van der Waals surface area contributed by atoms with Crippen molar-refractivity contribution >= 4 is 5.91 Å². The highest BCUT2D eigenvalue weighted by Gasteiger charge is 2.51. The third kappa shape index (κ3) is 6.35. The number of fused-ring (bicyclic) bond motifs is 3. The molecule has 0 radical (unpaired) electrons.